The summed E-state index contributed by atoms with van der Waals surface area (Å²) in [4.78, 5) is 4.44. The quantitative estimate of drug-likeness (QED) is 0.785. The van der Waals surface area contributed by atoms with E-state index in [0.717, 1.165) is 40.1 Å². The summed E-state index contributed by atoms with van der Waals surface area (Å²) in [7, 11) is 1.64. The number of alkyl halides is 2. The Morgan fingerprint density at radius 3 is 2.82 bits per heavy atom. The Bertz CT molecular complexity index is 749. The molecule has 1 aromatic carbocycles. The average Bonchev–Trinajstić information content (AvgIpc) is 2.88. The number of halogens is 3. The molecule has 22 heavy (non-hydrogen) atoms. The molecule has 1 aliphatic heterocycles. The van der Waals surface area contributed by atoms with E-state index in [-0.39, 0.29) is 18.8 Å². The van der Waals surface area contributed by atoms with Crippen molar-refractivity contribution in [1.29, 1.82) is 0 Å². The first-order valence-corrected chi connectivity index (χ1v) is 8.07. The third-order valence-corrected chi connectivity index (χ3v) is 5.22. The van der Waals surface area contributed by atoms with Crippen LogP contribution < -0.4 is 4.74 Å². The van der Waals surface area contributed by atoms with Crippen LogP contribution in [0.25, 0.3) is 11.3 Å². The molecule has 0 N–H and O–H groups in total. The van der Waals surface area contributed by atoms with Gasteiger partial charge in [-0.1, -0.05) is 0 Å². The zero-order chi connectivity index (χ0) is 15.5. The number of hydrogen-bond donors (Lipinski definition) is 0. The van der Waals surface area contributed by atoms with Crippen molar-refractivity contribution in [2.24, 2.45) is 0 Å². The second-order valence-corrected chi connectivity index (χ2v) is 6.88. The molecule has 6 heteroatoms. The highest BCUT2D eigenvalue weighted by Crippen LogP contribution is 2.51. The molecule has 1 aliphatic carbocycles. The molecule has 0 bridgehead atoms. The average molecular weight is 369 g/mol. The summed E-state index contributed by atoms with van der Waals surface area (Å²) in [6, 6.07) is 4.04. The van der Waals surface area contributed by atoms with Crippen molar-refractivity contribution < 1.29 is 13.5 Å². The van der Waals surface area contributed by atoms with Gasteiger partial charge in [0, 0.05) is 30.9 Å². The molecule has 1 aromatic heterocycles. The molecule has 2 heterocycles. The third-order valence-electron chi connectivity index (χ3n) is 4.60. The van der Waals surface area contributed by atoms with Crippen molar-refractivity contribution in [3.05, 3.63) is 34.2 Å². The van der Waals surface area contributed by atoms with Gasteiger partial charge in [0.05, 0.1) is 29.3 Å². The van der Waals surface area contributed by atoms with Gasteiger partial charge in [0.25, 0.3) is 0 Å². The van der Waals surface area contributed by atoms with Gasteiger partial charge >= 0.3 is 0 Å². The Hall–Kier alpha value is -1.43. The highest BCUT2D eigenvalue weighted by atomic mass is 79.9. The van der Waals surface area contributed by atoms with E-state index in [1.54, 1.807) is 13.4 Å². The molecule has 0 saturated heterocycles. The van der Waals surface area contributed by atoms with Gasteiger partial charge in [0.15, 0.2) is 0 Å². The molecule has 0 spiro atoms. The number of methoxy groups -OCH3 is 1. The maximum Gasteiger partial charge on any atom is 0.249 e. The number of aromatic nitrogens is 2. The van der Waals surface area contributed by atoms with Crippen molar-refractivity contribution in [3.63, 3.8) is 0 Å². The van der Waals surface area contributed by atoms with Gasteiger partial charge in [-0.05, 0) is 40.0 Å². The van der Waals surface area contributed by atoms with Gasteiger partial charge in [-0.3, -0.25) is 0 Å². The van der Waals surface area contributed by atoms with Crippen molar-refractivity contribution in [1.82, 2.24) is 9.55 Å². The molecule has 0 amide bonds. The fourth-order valence-electron chi connectivity index (χ4n) is 3.43. The molecule has 2 aliphatic rings. The zero-order valence-corrected chi connectivity index (χ0v) is 13.7. The molecular formula is C16H15BrF2N2O. The summed E-state index contributed by atoms with van der Waals surface area (Å²) in [5.41, 5.74) is 4.05. The molecule has 1 saturated carbocycles. The maximum absolute atomic E-state index is 13.2. The van der Waals surface area contributed by atoms with Crippen LogP contribution in [0.1, 0.15) is 30.0 Å². The Morgan fingerprint density at radius 1 is 1.36 bits per heavy atom. The minimum absolute atomic E-state index is 0.0936. The Morgan fingerprint density at radius 2 is 2.14 bits per heavy atom. The summed E-state index contributed by atoms with van der Waals surface area (Å²) < 4.78 is 34.7. The number of rotatable bonds is 2. The lowest BCUT2D eigenvalue weighted by atomic mass is 9.77. The van der Waals surface area contributed by atoms with Gasteiger partial charge < -0.3 is 9.30 Å². The van der Waals surface area contributed by atoms with Gasteiger partial charge in [0.1, 0.15) is 5.75 Å². The SMILES string of the molecule is COc1cc2c(cc1Br)-c1c(C3CC(F)(F)C3)ncn1CC2. The van der Waals surface area contributed by atoms with E-state index in [9.17, 15) is 8.78 Å². The van der Waals surface area contributed by atoms with E-state index in [2.05, 4.69) is 25.5 Å². The Labute approximate surface area is 135 Å². The third kappa shape index (κ3) is 2.07. The lowest BCUT2D eigenvalue weighted by Crippen LogP contribution is -2.34. The largest absolute Gasteiger partial charge is 0.496 e. The molecule has 1 fully saturated rings. The molecule has 0 atom stereocenters. The molecule has 3 nitrogen and oxygen atoms in total. The molecular weight excluding hydrogens is 354 g/mol. The fourth-order valence-corrected chi connectivity index (χ4v) is 3.94. The van der Waals surface area contributed by atoms with Crippen LogP contribution in [0, 0.1) is 0 Å². The van der Waals surface area contributed by atoms with Crippen LogP contribution in [-0.4, -0.2) is 22.6 Å². The van der Waals surface area contributed by atoms with Crippen molar-refractivity contribution >= 4 is 15.9 Å². The lowest BCUT2D eigenvalue weighted by Gasteiger charge is -2.35. The highest BCUT2D eigenvalue weighted by molar-refractivity contribution is 9.10. The zero-order valence-electron chi connectivity index (χ0n) is 12.1. The predicted molar refractivity (Wildman–Crippen MR) is 82.5 cm³/mol. The monoisotopic (exact) mass is 368 g/mol. The fraction of sp³-hybridized carbons (Fsp3) is 0.438. The van der Waals surface area contributed by atoms with Crippen LogP contribution in [0.3, 0.4) is 0 Å². The van der Waals surface area contributed by atoms with Gasteiger partial charge in [-0.15, -0.1) is 0 Å². The van der Waals surface area contributed by atoms with Crippen molar-refractivity contribution in [2.75, 3.05) is 7.11 Å². The van der Waals surface area contributed by atoms with E-state index in [0.29, 0.717) is 0 Å². The number of nitrogens with zero attached hydrogens (tertiary/aromatic N) is 2. The van der Waals surface area contributed by atoms with Crippen LogP contribution >= 0.6 is 15.9 Å². The molecule has 0 radical (unpaired) electrons. The number of hydrogen-bond acceptors (Lipinski definition) is 2. The van der Waals surface area contributed by atoms with Crippen LogP contribution in [0.5, 0.6) is 5.75 Å². The van der Waals surface area contributed by atoms with Gasteiger partial charge in [0.2, 0.25) is 5.92 Å². The molecule has 4 rings (SSSR count). The van der Waals surface area contributed by atoms with E-state index in [4.69, 9.17) is 4.74 Å². The van der Waals surface area contributed by atoms with Crippen molar-refractivity contribution in [3.8, 4) is 17.0 Å². The Balaban J connectivity index is 1.80. The van der Waals surface area contributed by atoms with Crippen molar-refractivity contribution in [2.45, 2.75) is 37.6 Å². The minimum atomic E-state index is -2.53. The second-order valence-electron chi connectivity index (χ2n) is 6.03. The van der Waals surface area contributed by atoms with E-state index >= 15 is 0 Å². The number of ether oxygens (including phenoxy) is 1. The summed E-state index contributed by atoms with van der Waals surface area (Å²) >= 11 is 3.51. The minimum Gasteiger partial charge on any atom is -0.496 e. The van der Waals surface area contributed by atoms with E-state index in [1.165, 1.54) is 5.56 Å². The number of fused-ring (bicyclic) bond motifs is 3. The van der Waals surface area contributed by atoms with Crippen LogP contribution in [0.4, 0.5) is 8.78 Å². The van der Waals surface area contributed by atoms with Crippen LogP contribution in [0.15, 0.2) is 22.9 Å². The first-order valence-electron chi connectivity index (χ1n) is 7.28. The summed E-state index contributed by atoms with van der Waals surface area (Å²) in [6.07, 6.45) is 2.48. The van der Waals surface area contributed by atoms with Gasteiger partial charge in [-0.2, -0.15) is 0 Å². The van der Waals surface area contributed by atoms with Crippen LogP contribution in [-0.2, 0) is 13.0 Å². The lowest BCUT2D eigenvalue weighted by molar-refractivity contribution is -0.0874. The van der Waals surface area contributed by atoms with Gasteiger partial charge in [-0.25, -0.2) is 13.8 Å². The first kappa shape index (κ1) is 14.2. The molecule has 116 valence electrons. The summed E-state index contributed by atoms with van der Waals surface area (Å²) in [6.45, 7) is 0.823. The van der Waals surface area contributed by atoms with E-state index < -0.39 is 5.92 Å². The number of benzene rings is 1. The predicted octanol–water partition coefficient (Wildman–Crippen LogP) is 4.39. The molecule has 0 unspecified atom stereocenters. The Kier molecular flexibility index (Phi) is 3.08. The smallest absolute Gasteiger partial charge is 0.249 e. The van der Waals surface area contributed by atoms with E-state index in [1.807, 2.05) is 12.1 Å². The highest BCUT2D eigenvalue weighted by Gasteiger charge is 2.48. The first-order chi connectivity index (χ1) is 10.5. The molecule has 2 aromatic rings. The second kappa shape index (κ2) is 4.78. The summed E-state index contributed by atoms with van der Waals surface area (Å²) in [5, 5.41) is 0. The maximum atomic E-state index is 13.2. The number of aryl methyl sites for hydroxylation is 2. The number of imidazole rings is 1. The van der Waals surface area contributed by atoms with Crippen LogP contribution in [0.2, 0.25) is 0 Å². The normalized spacial score (nSPS) is 19.3. The summed E-state index contributed by atoms with van der Waals surface area (Å²) in [5.74, 6) is -1.87. The topological polar surface area (TPSA) is 27.1 Å². The standard InChI is InChI=1S/C16H15BrF2N2O/c1-22-13-4-9-2-3-21-8-20-14(10-6-16(18,19)7-10)15(21)11(9)5-12(13)17/h4-5,8,10H,2-3,6-7H2,1H3.